The SMILES string of the molecule is OCCC1CCN(Cc2cccc3ccccc23)C1. The molecule has 1 saturated heterocycles. The smallest absolute Gasteiger partial charge is 0.0434 e. The molecule has 2 aromatic carbocycles. The maximum absolute atomic E-state index is 9.03. The van der Waals surface area contributed by atoms with Crippen molar-refractivity contribution in [2.75, 3.05) is 19.7 Å². The second-order valence-corrected chi connectivity index (χ2v) is 5.54. The molecule has 0 bridgehead atoms. The fourth-order valence-electron chi connectivity index (χ4n) is 3.15. The van der Waals surface area contributed by atoms with Crippen LogP contribution in [0.25, 0.3) is 10.8 Å². The molecular formula is C17H21NO. The Morgan fingerprint density at radius 1 is 1.11 bits per heavy atom. The van der Waals surface area contributed by atoms with Crippen molar-refractivity contribution in [3.8, 4) is 0 Å². The zero-order valence-electron chi connectivity index (χ0n) is 11.3. The van der Waals surface area contributed by atoms with Crippen LogP contribution in [0.2, 0.25) is 0 Å². The summed E-state index contributed by atoms with van der Waals surface area (Å²) < 4.78 is 0. The van der Waals surface area contributed by atoms with E-state index >= 15 is 0 Å². The monoisotopic (exact) mass is 255 g/mol. The predicted molar refractivity (Wildman–Crippen MR) is 79.0 cm³/mol. The Bertz CT molecular complexity index is 546. The molecule has 1 unspecified atom stereocenters. The van der Waals surface area contributed by atoms with Gasteiger partial charge in [-0.25, -0.2) is 0 Å². The van der Waals surface area contributed by atoms with E-state index in [0.29, 0.717) is 12.5 Å². The molecule has 1 heterocycles. The molecule has 0 spiro atoms. The van der Waals surface area contributed by atoms with Gasteiger partial charge in [-0.2, -0.15) is 0 Å². The highest BCUT2D eigenvalue weighted by Gasteiger charge is 2.22. The van der Waals surface area contributed by atoms with Crippen LogP contribution in [0.15, 0.2) is 42.5 Å². The lowest BCUT2D eigenvalue weighted by Gasteiger charge is -2.17. The largest absolute Gasteiger partial charge is 0.396 e. The highest BCUT2D eigenvalue weighted by molar-refractivity contribution is 5.85. The molecule has 2 aromatic rings. The number of fused-ring (bicyclic) bond motifs is 1. The molecule has 1 fully saturated rings. The van der Waals surface area contributed by atoms with Crippen LogP contribution in [0.4, 0.5) is 0 Å². The number of hydrogen-bond acceptors (Lipinski definition) is 2. The van der Waals surface area contributed by atoms with Crippen LogP contribution < -0.4 is 0 Å². The molecular weight excluding hydrogens is 234 g/mol. The van der Waals surface area contributed by atoms with Crippen molar-refractivity contribution in [2.24, 2.45) is 5.92 Å². The molecule has 1 aliphatic heterocycles. The van der Waals surface area contributed by atoms with Gasteiger partial charge in [0.1, 0.15) is 0 Å². The minimum Gasteiger partial charge on any atom is -0.396 e. The van der Waals surface area contributed by atoms with Gasteiger partial charge in [-0.15, -0.1) is 0 Å². The quantitative estimate of drug-likeness (QED) is 0.907. The highest BCUT2D eigenvalue weighted by Crippen LogP contribution is 2.24. The van der Waals surface area contributed by atoms with Gasteiger partial charge in [-0.1, -0.05) is 42.5 Å². The summed E-state index contributed by atoms with van der Waals surface area (Å²) in [6.45, 7) is 3.65. The van der Waals surface area contributed by atoms with E-state index in [9.17, 15) is 0 Å². The van der Waals surface area contributed by atoms with Crippen molar-refractivity contribution in [1.29, 1.82) is 0 Å². The van der Waals surface area contributed by atoms with Crippen LogP contribution in [-0.2, 0) is 6.54 Å². The van der Waals surface area contributed by atoms with Crippen LogP contribution in [0.5, 0.6) is 0 Å². The number of aliphatic hydroxyl groups is 1. The molecule has 1 aliphatic rings. The van der Waals surface area contributed by atoms with Crippen molar-refractivity contribution < 1.29 is 5.11 Å². The van der Waals surface area contributed by atoms with Crippen molar-refractivity contribution >= 4 is 10.8 Å². The molecule has 2 nitrogen and oxygen atoms in total. The normalized spacial score (nSPS) is 20.2. The summed E-state index contributed by atoms with van der Waals surface area (Å²) in [6.07, 6.45) is 2.18. The van der Waals surface area contributed by atoms with Crippen LogP contribution >= 0.6 is 0 Å². The molecule has 19 heavy (non-hydrogen) atoms. The molecule has 3 rings (SSSR count). The van der Waals surface area contributed by atoms with Crippen molar-refractivity contribution in [3.63, 3.8) is 0 Å². The zero-order valence-corrected chi connectivity index (χ0v) is 11.3. The minimum absolute atomic E-state index is 0.326. The Labute approximate surface area is 114 Å². The van der Waals surface area contributed by atoms with Crippen LogP contribution in [0.3, 0.4) is 0 Å². The fraction of sp³-hybridized carbons (Fsp3) is 0.412. The molecule has 0 saturated carbocycles. The summed E-state index contributed by atoms with van der Waals surface area (Å²) in [5.74, 6) is 0.681. The minimum atomic E-state index is 0.326. The van der Waals surface area contributed by atoms with Gasteiger partial charge in [-0.3, -0.25) is 4.90 Å². The maximum Gasteiger partial charge on any atom is 0.0434 e. The predicted octanol–water partition coefficient (Wildman–Crippen LogP) is 3.04. The maximum atomic E-state index is 9.03. The number of nitrogens with zero attached hydrogens (tertiary/aromatic N) is 1. The van der Waals surface area contributed by atoms with E-state index in [2.05, 4.69) is 47.4 Å². The summed E-state index contributed by atoms with van der Waals surface area (Å²) in [7, 11) is 0. The lowest BCUT2D eigenvalue weighted by atomic mass is 10.0. The van der Waals surface area contributed by atoms with Gasteiger partial charge >= 0.3 is 0 Å². The Morgan fingerprint density at radius 3 is 2.84 bits per heavy atom. The third-order valence-corrected chi connectivity index (χ3v) is 4.18. The van der Waals surface area contributed by atoms with E-state index in [1.807, 2.05) is 0 Å². The Kier molecular flexibility index (Phi) is 3.81. The average molecular weight is 255 g/mol. The highest BCUT2D eigenvalue weighted by atomic mass is 16.3. The van der Waals surface area contributed by atoms with Crippen molar-refractivity contribution in [2.45, 2.75) is 19.4 Å². The molecule has 0 aliphatic carbocycles. The number of aliphatic hydroxyl groups excluding tert-OH is 1. The first-order valence-electron chi connectivity index (χ1n) is 7.16. The third kappa shape index (κ3) is 2.80. The van der Waals surface area contributed by atoms with E-state index in [-0.39, 0.29) is 0 Å². The van der Waals surface area contributed by atoms with Gasteiger partial charge in [0, 0.05) is 19.7 Å². The second kappa shape index (κ2) is 5.72. The molecule has 1 atom stereocenters. The third-order valence-electron chi connectivity index (χ3n) is 4.18. The number of hydrogen-bond donors (Lipinski definition) is 1. The van der Waals surface area contributed by atoms with Gasteiger partial charge in [0.2, 0.25) is 0 Å². The summed E-state index contributed by atoms with van der Waals surface area (Å²) in [5, 5.41) is 11.7. The van der Waals surface area contributed by atoms with Gasteiger partial charge in [0.15, 0.2) is 0 Å². The summed E-state index contributed by atoms with van der Waals surface area (Å²) in [6, 6.07) is 15.2. The van der Waals surface area contributed by atoms with E-state index in [1.165, 1.54) is 22.8 Å². The molecule has 2 heteroatoms. The fourth-order valence-corrected chi connectivity index (χ4v) is 3.15. The van der Waals surface area contributed by atoms with Gasteiger partial charge < -0.3 is 5.11 Å². The topological polar surface area (TPSA) is 23.5 Å². The van der Waals surface area contributed by atoms with E-state index in [4.69, 9.17) is 5.11 Å². The van der Waals surface area contributed by atoms with Crippen LogP contribution in [-0.4, -0.2) is 29.7 Å². The first kappa shape index (κ1) is 12.6. The Hall–Kier alpha value is -1.38. The lowest BCUT2D eigenvalue weighted by Crippen LogP contribution is -2.20. The Morgan fingerprint density at radius 2 is 1.95 bits per heavy atom. The molecule has 0 radical (unpaired) electrons. The number of rotatable bonds is 4. The van der Waals surface area contributed by atoms with E-state index < -0.39 is 0 Å². The van der Waals surface area contributed by atoms with E-state index in [0.717, 1.165) is 26.1 Å². The lowest BCUT2D eigenvalue weighted by molar-refractivity contribution is 0.249. The molecule has 100 valence electrons. The second-order valence-electron chi connectivity index (χ2n) is 5.54. The van der Waals surface area contributed by atoms with Crippen molar-refractivity contribution in [3.05, 3.63) is 48.0 Å². The first-order chi connectivity index (χ1) is 9.36. The van der Waals surface area contributed by atoms with Gasteiger partial charge in [0.05, 0.1) is 0 Å². The number of likely N-dealkylation sites (tertiary alicyclic amines) is 1. The first-order valence-corrected chi connectivity index (χ1v) is 7.16. The summed E-state index contributed by atoms with van der Waals surface area (Å²) in [5.41, 5.74) is 1.42. The average Bonchev–Trinajstić information content (AvgIpc) is 2.87. The van der Waals surface area contributed by atoms with E-state index in [1.54, 1.807) is 0 Å². The standard InChI is InChI=1S/C17H21NO/c19-11-9-14-8-10-18(12-14)13-16-6-3-5-15-4-1-2-7-17(15)16/h1-7,14,19H,8-13H2. The molecule has 1 N–H and O–H groups in total. The zero-order chi connectivity index (χ0) is 13.1. The molecule has 0 amide bonds. The van der Waals surface area contributed by atoms with Gasteiger partial charge in [0.25, 0.3) is 0 Å². The van der Waals surface area contributed by atoms with Gasteiger partial charge in [-0.05, 0) is 41.6 Å². The summed E-state index contributed by atoms with van der Waals surface area (Å²) >= 11 is 0. The van der Waals surface area contributed by atoms with Crippen LogP contribution in [0, 0.1) is 5.92 Å². The number of benzene rings is 2. The molecule has 0 aromatic heterocycles. The van der Waals surface area contributed by atoms with Crippen LogP contribution in [0.1, 0.15) is 18.4 Å². The van der Waals surface area contributed by atoms with Crippen molar-refractivity contribution in [1.82, 2.24) is 4.90 Å². The Balaban J connectivity index is 1.75. The summed E-state index contributed by atoms with van der Waals surface area (Å²) in [4.78, 5) is 2.52.